The SMILES string of the molecule is CCOC(=O)CC1C=C(C(C)(C)C)CC(C(C)(C)C)=C1. The van der Waals surface area contributed by atoms with Gasteiger partial charge >= 0.3 is 5.97 Å². The van der Waals surface area contributed by atoms with Crippen molar-refractivity contribution in [2.24, 2.45) is 16.7 Å². The van der Waals surface area contributed by atoms with Crippen molar-refractivity contribution < 1.29 is 9.53 Å². The Morgan fingerprint density at radius 1 is 1.10 bits per heavy atom. The second-order valence-electron chi connectivity index (χ2n) is 7.73. The van der Waals surface area contributed by atoms with E-state index < -0.39 is 0 Å². The lowest BCUT2D eigenvalue weighted by Crippen LogP contribution is -2.22. The van der Waals surface area contributed by atoms with Gasteiger partial charge < -0.3 is 4.74 Å². The first-order chi connectivity index (χ1) is 9.04. The normalized spacial score (nSPS) is 17.6. The molecule has 0 aliphatic heterocycles. The smallest absolute Gasteiger partial charge is 0.306 e. The van der Waals surface area contributed by atoms with Crippen LogP contribution in [-0.2, 0) is 9.53 Å². The van der Waals surface area contributed by atoms with Crippen LogP contribution >= 0.6 is 0 Å². The number of hydrogen-bond donors (Lipinski definition) is 0. The van der Waals surface area contributed by atoms with Crippen molar-refractivity contribution in [3.05, 3.63) is 23.3 Å². The number of carbonyl (C=O) groups is 1. The number of hydrogen-bond acceptors (Lipinski definition) is 2. The third kappa shape index (κ3) is 4.81. The summed E-state index contributed by atoms with van der Waals surface area (Å²) in [5.74, 6) is 0.0691. The van der Waals surface area contributed by atoms with Crippen LogP contribution in [0, 0.1) is 16.7 Å². The molecule has 0 N–H and O–H groups in total. The number of rotatable bonds is 3. The highest BCUT2D eigenvalue weighted by Crippen LogP contribution is 2.41. The minimum atomic E-state index is -0.103. The van der Waals surface area contributed by atoms with Gasteiger partial charge in [0, 0.05) is 5.92 Å². The molecule has 1 aliphatic rings. The molecule has 0 aromatic carbocycles. The van der Waals surface area contributed by atoms with Crippen molar-refractivity contribution in [1.29, 1.82) is 0 Å². The number of allylic oxidation sites excluding steroid dienone is 4. The molecule has 1 rings (SSSR count). The first-order valence-corrected chi connectivity index (χ1v) is 7.62. The van der Waals surface area contributed by atoms with Crippen LogP contribution in [0.15, 0.2) is 23.3 Å². The average Bonchev–Trinajstić information content (AvgIpc) is 2.26. The highest BCUT2D eigenvalue weighted by atomic mass is 16.5. The first-order valence-electron chi connectivity index (χ1n) is 7.62. The van der Waals surface area contributed by atoms with Crippen molar-refractivity contribution in [3.8, 4) is 0 Å². The molecular formula is C18H30O2. The Hall–Kier alpha value is -1.05. The predicted molar refractivity (Wildman–Crippen MR) is 84.4 cm³/mol. The fourth-order valence-corrected chi connectivity index (χ4v) is 2.45. The average molecular weight is 278 g/mol. The van der Waals surface area contributed by atoms with Crippen LogP contribution in [0.5, 0.6) is 0 Å². The van der Waals surface area contributed by atoms with Crippen LogP contribution in [0.4, 0.5) is 0 Å². The molecule has 0 atom stereocenters. The summed E-state index contributed by atoms with van der Waals surface area (Å²) in [6.07, 6.45) is 6.01. The second-order valence-corrected chi connectivity index (χ2v) is 7.73. The Balaban J connectivity index is 2.98. The zero-order valence-corrected chi connectivity index (χ0v) is 14.2. The van der Waals surface area contributed by atoms with Gasteiger partial charge in [-0.15, -0.1) is 0 Å². The molecule has 0 spiro atoms. The third-order valence-corrected chi connectivity index (χ3v) is 3.85. The summed E-state index contributed by atoms with van der Waals surface area (Å²) in [4.78, 5) is 11.7. The van der Waals surface area contributed by atoms with Crippen LogP contribution < -0.4 is 0 Å². The van der Waals surface area contributed by atoms with Crippen LogP contribution in [0.3, 0.4) is 0 Å². The highest BCUT2D eigenvalue weighted by molar-refractivity contribution is 5.70. The summed E-state index contributed by atoms with van der Waals surface area (Å²) in [5, 5.41) is 0. The van der Waals surface area contributed by atoms with E-state index >= 15 is 0 Å². The van der Waals surface area contributed by atoms with Crippen molar-refractivity contribution in [3.63, 3.8) is 0 Å². The second kappa shape index (κ2) is 6.15. The zero-order valence-electron chi connectivity index (χ0n) is 14.2. The molecule has 2 nitrogen and oxygen atoms in total. The van der Waals surface area contributed by atoms with E-state index in [2.05, 4.69) is 53.7 Å². The number of carbonyl (C=O) groups excluding carboxylic acids is 1. The maximum absolute atomic E-state index is 11.7. The number of ether oxygens (including phenoxy) is 1. The van der Waals surface area contributed by atoms with E-state index in [1.165, 1.54) is 11.1 Å². The van der Waals surface area contributed by atoms with Crippen molar-refractivity contribution in [1.82, 2.24) is 0 Å². The fourth-order valence-electron chi connectivity index (χ4n) is 2.45. The van der Waals surface area contributed by atoms with E-state index in [0.29, 0.717) is 13.0 Å². The summed E-state index contributed by atoms with van der Waals surface area (Å²) in [7, 11) is 0. The molecular weight excluding hydrogens is 248 g/mol. The third-order valence-electron chi connectivity index (χ3n) is 3.85. The molecule has 2 heteroatoms. The maximum atomic E-state index is 11.7. The van der Waals surface area contributed by atoms with Gasteiger partial charge in [0.2, 0.25) is 0 Å². The Bertz CT molecular complexity index is 384. The molecule has 114 valence electrons. The summed E-state index contributed by atoms with van der Waals surface area (Å²) >= 11 is 0. The van der Waals surface area contributed by atoms with Gasteiger partial charge in [-0.1, -0.05) is 64.8 Å². The summed E-state index contributed by atoms with van der Waals surface area (Å²) in [6, 6.07) is 0. The molecule has 0 radical (unpaired) electrons. The molecule has 0 unspecified atom stereocenters. The summed E-state index contributed by atoms with van der Waals surface area (Å²) in [6.45, 7) is 15.8. The monoisotopic (exact) mass is 278 g/mol. The van der Waals surface area contributed by atoms with Gasteiger partial charge in [-0.3, -0.25) is 4.79 Å². The molecule has 0 amide bonds. The maximum Gasteiger partial charge on any atom is 0.306 e. The van der Waals surface area contributed by atoms with Gasteiger partial charge in [0.25, 0.3) is 0 Å². The van der Waals surface area contributed by atoms with Crippen molar-refractivity contribution >= 4 is 5.97 Å². The lowest BCUT2D eigenvalue weighted by molar-refractivity contribution is -0.143. The predicted octanol–water partition coefficient (Wildman–Crippen LogP) is 4.90. The first kappa shape index (κ1) is 17.0. The molecule has 0 aromatic rings. The van der Waals surface area contributed by atoms with Gasteiger partial charge in [0.05, 0.1) is 13.0 Å². The molecule has 0 heterocycles. The van der Waals surface area contributed by atoms with E-state index in [9.17, 15) is 4.79 Å². The minimum Gasteiger partial charge on any atom is -0.466 e. The van der Waals surface area contributed by atoms with Gasteiger partial charge in [0.15, 0.2) is 0 Å². The van der Waals surface area contributed by atoms with Gasteiger partial charge in [0.1, 0.15) is 0 Å². The van der Waals surface area contributed by atoms with Crippen LogP contribution in [0.2, 0.25) is 0 Å². The van der Waals surface area contributed by atoms with Crippen molar-refractivity contribution in [2.45, 2.75) is 61.3 Å². The summed E-state index contributed by atoms with van der Waals surface area (Å²) < 4.78 is 5.09. The largest absolute Gasteiger partial charge is 0.466 e. The van der Waals surface area contributed by atoms with Gasteiger partial charge in [-0.2, -0.15) is 0 Å². The standard InChI is InChI=1S/C18H30O2/c1-8-20-16(19)11-13-9-14(17(2,3)4)12-15(10-13)18(5,6)7/h9-10,13H,8,11-12H2,1-7H3. The van der Waals surface area contributed by atoms with Crippen LogP contribution in [0.1, 0.15) is 61.3 Å². The lowest BCUT2D eigenvalue weighted by atomic mass is 9.71. The quantitative estimate of drug-likeness (QED) is 0.542. The van der Waals surface area contributed by atoms with Crippen LogP contribution in [-0.4, -0.2) is 12.6 Å². The Labute approximate surface area is 124 Å². The molecule has 0 saturated carbocycles. The van der Waals surface area contributed by atoms with E-state index in [-0.39, 0.29) is 22.7 Å². The molecule has 1 aliphatic carbocycles. The lowest BCUT2D eigenvalue weighted by Gasteiger charge is -2.34. The van der Waals surface area contributed by atoms with Gasteiger partial charge in [-0.25, -0.2) is 0 Å². The van der Waals surface area contributed by atoms with Crippen molar-refractivity contribution in [2.75, 3.05) is 6.61 Å². The Morgan fingerprint density at radius 3 is 1.90 bits per heavy atom. The van der Waals surface area contributed by atoms with Crippen LogP contribution in [0.25, 0.3) is 0 Å². The van der Waals surface area contributed by atoms with E-state index in [1.807, 2.05) is 6.92 Å². The molecule has 0 aromatic heterocycles. The van der Waals surface area contributed by atoms with Gasteiger partial charge in [-0.05, 0) is 24.2 Å². The van der Waals surface area contributed by atoms with E-state index in [4.69, 9.17) is 4.74 Å². The Morgan fingerprint density at radius 2 is 1.55 bits per heavy atom. The summed E-state index contributed by atoms with van der Waals surface area (Å²) in [5.41, 5.74) is 3.16. The van der Waals surface area contributed by atoms with E-state index in [1.54, 1.807) is 0 Å². The molecule has 20 heavy (non-hydrogen) atoms. The molecule has 0 bridgehead atoms. The molecule has 0 saturated heterocycles. The van der Waals surface area contributed by atoms with E-state index in [0.717, 1.165) is 6.42 Å². The minimum absolute atomic E-state index is 0.103. The topological polar surface area (TPSA) is 26.3 Å². The Kier molecular flexibility index (Phi) is 5.23. The fraction of sp³-hybridized carbons (Fsp3) is 0.722. The number of esters is 1. The molecule has 0 fully saturated rings. The highest BCUT2D eigenvalue weighted by Gasteiger charge is 2.28. The zero-order chi connectivity index (χ0) is 15.6.